The van der Waals surface area contributed by atoms with Crippen LogP contribution in [-0.4, -0.2) is 31.4 Å². The molecule has 116 valence electrons. The molecule has 4 heteroatoms. The standard InChI is InChI=1S/C17H25NO2S/c1-18(20-2)17(19)16(12-13-6-4-5-7-13)14-8-10-15(21-3)11-9-14/h8-11,13,16H,4-7,12H2,1-3H3. The van der Waals surface area contributed by atoms with Crippen LogP contribution in [-0.2, 0) is 9.63 Å². The van der Waals surface area contributed by atoms with Gasteiger partial charge in [0.05, 0.1) is 13.0 Å². The van der Waals surface area contributed by atoms with E-state index in [0.29, 0.717) is 5.92 Å². The third-order valence-corrected chi connectivity index (χ3v) is 5.19. The molecule has 1 aromatic carbocycles. The van der Waals surface area contributed by atoms with Crippen molar-refractivity contribution in [1.82, 2.24) is 5.06 Å². The number of hydrogen-bond donors (Lipinski definition) is 0. The maximum absolute atomic E-state index is 12.6. The van der Waals surface area contributed by atoms with Crippen molar-refractivity contribution in [3.63, 3.8) is 0 Å². The molecule has 0 aliphatic heterocycles. The van der Waals surface area contributed by atoms with Gasteiger partial charge < -0.3 is 0 Å². The number of rotatable bonds is 6. The Labute approximate surface area is 132 Å². The highest BCUT2D eigenvalue weighted by Crippen LogP contribution is 2.35. The molecule has 1 fully saturated rings. The van der Waals surface area contributed by atoms with Gasteiger partial charge in [0.1, 0.15) is 0 Å². The fourth-order valence-corrected chi connectivity index (χ4v) is 3.51. The molecule has 0 bridgehead atoms. The minimum absolute atomic E-state index is 0.0568. The number of carbonyl (C=O) groups excluding carboxylic acids is 1. The molecular formula is C17H25NO2S. The predicted octanol–water partition coefficient (Wildman–Crippen LogP) is 4.09. The van der Waals surface area contributed by atoms with E-state index in [1.54, 1.807) is 25.9 Å². The molecule has 0 spiro atoms. The van der Waals surface area contributed by atoms with Crippen molar-refractivity contribution >= 4 is 17.7 Å². The van der Waals surface area contributed by atoms with Crippen molar-refractivity contribution in [2.75, 3.05) is 20.4 Å². The van der Waals surface area contributed by atoms with Crippen LogP contribution < -0.4 is 0 Å². The van der Waals surface area contributed by atoms with E-state index in [1.165, 1.54) is 35.6 Å². The van der Waals surface area contributed by atoms with Gasteiger partial charge in [-0.15, -0.1) is 11.8 Å². The Morgan fingerprint density at radius 1 is 1.33 bits per heavy atom. The van der Waals surface area contributed by atoms with E-state index in [-0.39, 0.29) is 11.8 Å². The van der Waals surface area contributed by atoms with Crippen LogP contribution in [0.2, 0.25) is 0 Å². The third-order valence-electron chi connectivity index (χ3n) is 4.44. The van der Waals surface area contributed by atoms with Gasteiger partial charge in [0.25, 0.3) is 5.91 Å². The first-order valence-electron chi connectivity index (χ1n) is 7.61. The summed E-state index contributed by atoms with van der Waals surface area (Å²) in [6.07, 6.45) is 8.11. The van der Waals surface area contributed by atoms with Gasteiger partial charge in [0.15, 0.2) is 0 Å². The van der Waals surface area contributed by atoms with Gasteiger partial charge in [-0.2, -0.15) is 0 Å². The van der Waals surface area contributed by atoms with Gasteiger partial charge in [-0.3, -0.25) is 9.63 Å². The fourth-order valence-electron chi connectivity index (χ4n) is 3.10. The van der Waals surface area contributed by atoms with Crippen LogP contribution in [0.15, 0.2) is 29.2 Å². The Morgan fingerprint density at radius 3 is 2.48 bits per heavy atom. The summed E-state index contributed by atoms with van der Waals surface area (Å²) in [4.78, 5) is 18.9. The summed E-state index contributed by atoms with van der Waals surface area (Å²) >= 11 is 1.72. The van der Waals surface area contributed by atoms with Crippen molar-refractivity contribution in [3.8, 4) is 0 Å². The van der Waals surface area contributed by atoms with Crippen molar-refractivity contribution in [1.29, 1.82) is 0 Å². The van der Waals surface area contributed by atoms with Gasteiger partial charge in [-0.25, -0.2) is 5.06 Å². The largest absolute Gasteiger partial charge is 0.275 e. The highest BCUT2D eigenvalue weighted by molar-refractivity contribution is 7.98. The first-order chi connectivity index (χ1) is 10.2. The van der Waals surface area contributed by atoms with Crippen LogP contribution in [0.3, 0.4) is 0 Å². The SMILES string of the molecule is CON(C)C(=O)C(CC1CCCC1)c1ccc(SC)cc1. The summed E-state index contributed by atoms with van der Waals surface area (Å²) in [5.74, 6) is 0.639. The van der Waals surface area contributed by atoms with Crippen LogP contribution in [0.1, 0.15) is 43.6 Å². The molecule has 1 atom stereocenters. The van der Waals surface area contributed by atoms with E-state index >= 15 is 0 Å². The lowest BCUT2D eigenvalue weighted by Gasteiger charge is -2.24. The molecule has 0 aromatic heterocycles. The van der Waals surface area contributed by atoms with Crippen LogP contribution in [0.5, 0.6) is 0 Å². The second-order valence-electron chi connectivity index (χ2n) is 5.73. The molecule has 1 unspecified atom stereocenters. The molecule has 0 N–H and O–H groups in total. The molecule has 0 radical (unpaired) electrons. The average Bonchev–Trinajstić information content (AvgIpc) is 3.04. The number of thioether (sulfide) groups is 1. The highest BCUT2D eigenvalue weighted by Gasteiger charge is 2.28. The van der Waals surface area contributed by atoms with Crippen LogP contribution in [0.4, 0.5) is 0 Å². The van der Waals surface area contributed by atoms with E-state index < -0.39 is 0 Å². The molecular weight excluding hydrogens is 282 g/mol. The van der Waals surface area contributed by atoms with Crippen LogP contribution >= 0.6 is 11.8 Å². The Bertz CT molecular complexity index is 454. The number of amides is 1. The monoisotopic (exact) mass is 307 g/mol. The maximum atomic E-state index is 12.6. The molecule has 3 nitrogen and oxygen atoms in total. The molecule has 1 aliphatic rings. The Balaban J connectivity index is 2.18. The first-order valence-corrected chi connectivity index (χ1v) is 8.83. The third kappa shape index (κ3) is 4.24. The number of hydroxylamine groups is 2. The number of benzene rings is 1. The van der Waals surface area contributed by atoms with E-state index in [2.05, 4.69) is 30.5 Å². The summed E-state index contributed by atoms with van der Waals surface area (Å²) in [5.41, 5.74) is 1.11. The minimum Gasteiger partial charge on any atom is -0.275 e. The van der Waals surface area contributed by atoms with Gasteiger partial charge in [0, 0.05) is 11.9 Å². The van der Waals surface area contributed by atoms with Crippen molar-refractivity contribution in [3.05, 3.63) is 29.8 Å². The van der Waals surface area contributed by atoms with E-state index in [1.807, 2.05) is 0 Å². The Hall–Kier alpha value is -1.00. The van der Waals surface area contributed by atoms with Gasteiger partial charge in [0.2, 0.25) is 0 Å². The number of carbonyl (C=O) groups is 1. The van der Waals surface area contributed by atoms with Crippen LogP contribution in [0, 0.1) is 5.92 Å². The fraction of sp³-hybridized carbons (Fsp3) is 0.588. The molecule has 1 aromatic rings. The molecule has 0 saturated heterocycles. The normalized spacial score (nSPS) is 16.9. The average molecular weight is 307 g/mol. The summed E-state index contributed by atoms with van der Waals surface area (Å²) in [6.45, 7) is 0. The smallest absolute Gasteiger partial charge is 0.253 e. The predicted molar refractivity (Wildman–Crippen MR) is 87.3 cm³/mol. The topological polar surface area (TPSA) is 29.5 Å². The molecule has 1 aliphatic carbocycles. The zero-order valence-corrected chi connectivity index (χ0v) is 14.0. The van der Waals surface area contributed by atoms with Gasteiger partial charge in [-0.1, -0.05) is 37.8 Å². The van der Waals surface area contributed by atoms with Gasteiger partial charge in [-0.05, 0) is 36.3 Å². The summed E-state index contributed by atoms with van der Waals surface area (Å²) in [5, 5.41) is 1.36. The second-order valence-corrected chi connectivity index (χ2v) is 6.61. The van der Waals surface area contributed by atoms with Crippen LogP contribution in [0.25, 0.3) is 0 Å². The molecule has 1 amide bonds. The molecule has 1 saturated carbocycles. The number of nitrogens with zero attached hydrogens (tertiary/aromatic N) is 1. The Morgan fingerprint density at radius 2 is 1.95 bits per heavy atom. The van der Waals surface area contributed by atoms with Crippen molar-refractivity contribution in [2.24, 2.45) is 5.92 Å². The lowest BCUT2D eigenvalue weighted by Crippen LogP contribution is -2.31. The van der Waals surface area contributed by atoms with Gasteiger partial charge >= 0.3 is 0 Å². The van der Waals surface area contributed by atoms with Crippen molar-refractivity contribution in [2.45, 2.75) is 42.9 Å². The summed E-state index contributed by atoms with van der Waals surface area (Å²) < 4.78 is 0. The zero-order valence-electron chi connectivity index (χ0n) is 13.2. The summed E-state index contributed by atoms with van der Waals surface area (Å²) in [6, 6.07) is 8.38. The van der Waals surface area contributed by atoms with E-state index in [4.69, 9.17) is 4.84 Å². The minimum atomic E-state index is -0.0889. The number of hydrogen-bond acceptors (Lipinski definition) is 3. The quantitative estimate of drug-likeness (QED) is 0.585. The highest BCUT2D eigenvalue weighted by atomic mass is 32.2. The Kier molecular flexibility index (Phi) is 6.12. The lowest BCUT2D eigenvalue weighted by atomic mass is 9.87. The second kappa shape index (κ2) is 7.85. The first kappa shape index (κ1) is 16.4. The zero-order chi connectivity index (χ0) is 15.2. The lowest BCUT2D eigenvalue weighted by molar-refractivity contribution is -0.170. The maximum Gasteiger partial charge on any atom is 0.253 e. The molecule has 21 heavy (non-hydrogen) atoms. The number of likely N-dealkylation sites (N-methyl/N-ethyl adjacent to an activating group) is 1. The molecule has 2 rings (SSSR count). The summed E-state index contributed by atoms with van der Waals surface area (Å²) in [7, 11) is 3.24. The van der Waals surface area contributed by atoms with E-state index in [0.717, 1.165) is 12.0 Å². The van der Waals surface area contributed by atoms with E-state index in [9.17, 15) is 4.79 Å². The molecule has 0 heterocycles. The van der Waals surface area contributed by atoms with Crippen molar-refractivity contribution < 1.29 is 9.63 Å².